The van der Waals surface area contributed by atoms with Gasteiger partial charge in [0.25, 0.3) is 0 Å². The molecule has 2 nitrogen and oxygen atoms in total. The van der Waals surface area contributed by atoms with Gasteiger partial charge in [-0.3, -0.25) is 0 Å². The number of fused-ring (bicyclic) bond motifs is 1. The minimum atomic E-state index is -0.311. The first kappa shape index (κ1) is 7.77. The molecule has 2 rings (SSSR count). The largest absolute Gasteiger partial charge is 0.391 e. The Kier molecular flexibility index (Phi) is 1.87. The summed E-state index contributed by atoms with van der Waals surface area (Å²) in [4.78, 5) is 0. The standard InChI is InChI=1S/C10H13NO/c1-7(12)10-9-5-3-2-4-8(9)6-11-10/h2-5,7,10-12H,6H2,1H3/t7-,10+/m1/s1. The lowest BCUT2D eigenvalue weighted by Gasteiger charge is -2.14. The van der Waals surface area contributed by atoms with Crippen LogP contribution in [0.15, 0.2) is 24.3 Å². The lowest BCUT2D eigenvalue weighted by atomic mass is 10.0. The van der Waals surface area contributed by atoms with Gasteiger partial charge in [-0.25, -0.2) is 0 Å². The average Bonchev–Trinajstić information content (AvgIpc) is 2.47. The SMILES string of the molecule is C[C@@H](O)[C@@H]1NCc2ccccc21. The first-order valence-electron chi connectivity index (χ1n) is 4.28. The molecule has 0 amide bonds. The molecule has 0 saturated carbocycles. The van der Waals surface area contributed by atoms with Crippen molar-refractivity contribution >= 4 is 0 Å². The van der Waals surface area contributed by atoms with Crippen LogP contribution in [-0.4, -0.2) is 11.2 Å². The van der Waals surface area contributed by atoms with Gasteiger partial charge in [-0.1, -0.05) is 24.3 Å². The number of nitrogens with one attached hydrogen (secondary N) is 1. The molecule has 1 aromatic carbocycles. The molecule has 0 spiro atoms. The van der Waals surface area contributed by atoms with E-state index in [0.717, 1.165) is 6.54 Å². The molecule has 0 aliphatic carbocycles. The van der Waals surface area contributed by atoms with Gasteiger partial charge in [-0.15, -0.1) is 0 Å². The molecule has 1 aliphatic heterocycles. The van der Waals surface area contributed by atoms with Gasteiger partial charge in [0.2, 0.25) is 0 Å². The van der Waals surface area contributed by atoms with Crippen molar-refractivity contribution in [3.8, 4) is 0 Å². The van der Waals surface area contributed by atoms with Crippen LogP contribution >= 0.6 is 0 Å². The minimum Gasteiger partial charge on any atom is -0.391 e. The van der Waals surface area contributed by atoms with E-state index in [9.17, 15) is 5.11 Å². The van der Waals surface area contributed by atoms with Gasteiger partial charge < -0.3 is 10.4 Å². The first-order valence-corrected chi connectivity index (χ1v) is 4.28. The number of rotatable bonds is 1. The molecular weight excluding hydrogens is 150 g/mol. The van der Waals surface area contributed by atoms with E-state index in [-0.39, 0.29) is 12.1 Å². The van der Waals surface area contributed by atoms with Crippen molar-refractivity contribution in [1.82, 2.24) is 5.32 Å². The summed E-state index contributed by atoms with van der Waals surface area (Å²) >= 11 is 0. The number of aliphatic hydroxyl groups is 1. The van der Waals surface area contributed by atoms with Crippen molar-refractivity contribution in [3.05, 3.63) is 35.4 Å². The van der Waals surface area contributed by atoms with E-state index in [1.54, 1.807) is 0 Å². The van der Waals surface area contributed by atoms with Crippen molar-refractivity contribution in [2.75, 3.05) is 0 Å². The van der Waals surface area contributed by atoms with E-state index in [2.05, 4.69) is 17.4 Å². The molecule has 0 saturated heterocycles. The molecule has 2 atom stereocenters. The van der Waals surface area contributed by atoms with Gasteiger partial charge in [-0.05, 0) is 18.1 Å². The zero-order chi connectivity index (χ0) is 8.55. The fourth-order valence-electron chi connectivity index (χ4n) is 1.76. The highest BCUT2D eigenvalue weighted by atomic mass is 16.3. The fraction of sp³-hybridized carbons (Fsp3) is 0.400. The van der Waals surface area contributed by atoms with Crippen molar-refractivity contribution in [3.63, 3.8) is 0 Å². The maximum atomic E-state index is 9.44. The van der Waals surface area contributed by atoms with Crippen molar-refractivity contribution in [2.24, 2.45) is 0 Å². The highest BCUT2D eigenvalue weighted by Crippen LogP contribution is 2.26. The zero-order valence-electron chi connectivity index (χ0n) is 7.12. The molecule has 1 heterocycles. The van der Waals surface area contributed by atoms with E-state index in [4.69, 9.17) is 0 Å². The van der Waals surface area contributed by atoms with Crippen molar-refractivity contribution < 1.29 is 5.11 Å². The number of aliphatic hydroxyl groups excluding tert-OH is 1. The third kappa shape index (κ3) is 1.13. The summed E-state index contributed by atoms with van der Waals surface area (Å²) in [5.74, 6) is 0. The Balaban J connectivity index is 2.36. The van der Waals surface area contributed by atoms with Crippen LogP contribution in [0.4, 0.5) is 0 Å². The van der Waals surface area contributed by atoms with E-state index in [0.29, 0.717) is 0 Å². The summed E-state index contributed by atoms with van der Waals surface area (Å²) in [7, 11) is 0. The summed E-state index contributed by atoms with van der Waals surface area (Å²) in [6.07, 6.45) is -0.311. The van der Waals surface area contributed by atoms with E-state index < -0.39 is 0 Å². The Morgan fingerprint density at radius 1 is 1.50 bits per heavy atom. The number of hydrogen-bond acceptors (Lipinski definition) is 2. The molecule has 1 aromatic rings. The molecule has 0 unspecified atom stereocenters. The summed E-state index contributed by atoms with van der Waals surface area (Å²) in [5.41, 5.74) is 2.55. The predicted molar refractivity (Wildman–Crippen MR) is 47.7 cm³/mol. The van der Waals surface area contributed by atoms with Gasteiger partial charge in [-0.2, -0.15) is 0 Å². The van der Waals surface area contributed by atoms with Crippen LogP contribution in [0.25, 0.3) is 0 Å². The second-order valence-corrected chi connectivity index (χ2v) is 3.30. The number of benzene rings is 1. The molecule has 0 fully saturated rings. The van der Waals surface area contributed by atoms with Crippen LogP contribution in [0.1, 0.15) is 24.1 Å². The maximum absolute atomic E-state index is 9.44. The fourth-order valence-corrected chi connectivity index (χ4v) is 1.76. The Bertz CT molecular complexity index is 283. The highest BCUT2D eigenvalue weighted by molar-refractivity contribution is 5.34. The lowest BCUT2D eigenvalue weighted by Crippen LogP contribution is -2.23. The Hall–Kier alpha value is -0.860. The molecule has 2 heteroatoms. The molecular formula is C10H13NO. The third-order valence-corrected chi connectivity index (χ3v) is 2.38. The highest BCUT2D eigenvalue weighted by Gasteiger charge is 2.24. The van der Waals surface area contributed by atoms with Gasteiger partial charge in [0.1, 0.15) is 0 Å². The molecule has 2 N–H and O–H groups in total. The quantitative estimate of drug-likeness (QED) is 0.652. The van der Waals surface area contributed by atoms with Crippen LogP contribution < -0.4 is 5.32 Å². The van der Waals surface area contributed by atoms with Crippen LogP contribution in [0.5, 0.6) is 0 Å². The first-order chi connectivity index (χ1) is 5.79. The summed E-state index contributed by atoms with van der Waals surface area (Å²) in [6.45, 7) is 2.70. The second kappa shape index (κ2) is 2.88. The van der Waals surface area contributed by atoms with Crippen molar-refractivity contribution in [2.45, 2.75) is 25.6 Å². The normalized spacial score (nSPS) is 23.7. The van der Waals surface area contributed by atoms with Gasteiger partial charge >= 0.3 is 0 Å². The van der Waals surface area contributed by atoms with Crippen LogP contribution in [0, 0.1) is 0 Å². The second-order valence-electron chi connectivity index (χ2n) is 3.30. The smallest absolute Gasteiger partial charge is 0.0707 e. The summed E-state index contributed by atoms with van der Waals surface area (Å²) < 4.78 is 0. The van der Waals surface area contributed by atoms with Gasteiger partial charge in [0.05, 0.1) is 12.1 Å². The summed E-state index contributed by atoms with van der Waals surface area (Å²) in [5, 5.41) is 12.7. The topological polar surface area (TPSA) is 32.3 Å². The molecule has 1 aliphatic rings. The lowest BCUT2D eigenvalue weighted by molar-refractivity contribution is 0.151. The van der Waals surface area contributed by atoms with Gasteiger partial charge in [0, 0.05) is 6.54 Å². The Morgan fingerprint density at radius 3 is 3.00 bits per heavy atom. The number of hydrogen-bond donors (Lipinski definition) is 2. The Morgan fingerprint density at radius 2 is 2.25 bits per heavy atom. The summed E-state index contributed by atoms with van der Waals surface area (Å²) in [6, 6.07) is 8.35. The van der Waals surface area contributed by atoms with E-state index >= 15 is 0 Å². The monoisotopic (exact) mass is 163 g/mol. The molecule has 0 radical (unpaired) electrons. The van der Waals surface area contributed by atoms with E-state index in [1.807, 2.05) is 19.1 Å². The average molecular weight is 163 g/mol. The molecule has 64 valence electrons. The van der Waals surface area contributed by atoms with Gasteiger partial charge in [0.15, 0.2) is 0 Å². The van der Waals surface area contributed by atoms with Crippen LogP contribution in [-0.2, 0) is 6.54 Å². The molecule has 0 aromatic heterocycles. The van der Waals surface area contributed by atoms with E-state index in [1.165, 1.54) is 11.1 Å². The van der Waals surface area contributed by atoms with Crippen molar-refractivity contribution in [1.29, 1.82) is 0 Å². The Labute approximate surface area is 72.2 Å². The molecule has 12 heavy (non-hydrogen) atoms. The zero-order valence-corrected chi connectivity index (χ0v) is 7.12. The van der Waals surface area contributed by atoms with Crippen LogP contribution in [0.2, 0.25) is 0 Å². The van der Waals surface area contributed by atoms with Crippen LogP contribution in [0.3, 0.4) is 0 Å². The third-order valence-electron chi connectivity index (χ3n) is 2.38. The minimum absolute atomic E-state index is 0.126. The maximum Gasteiger partial charge on any atom is 0.0707 e. The molecule has 0 bridgehead atoms. The predicted octanol–water partition coefficient (Wildman–Crippen LogP) is 1.21.